The number of rotatable bonds is 7. The van der Waals surface area contributed by atoms with Gasteiger partial charge in [0.2, 0.25) is 0 Å². The largest absolute Gasteiger partial charge is 0.488 e. The van der Waals surface area contributed by atoms with Gasteiger partial charge in [-0.15, -0.1) is 0 Å². The normalized spacial score (nSPS) is 20.3. The van der Waals surface area contributed by atoms with Crippen LogP contribution < -0.4 is 10.1 Å². The molecule has 112 valence electrons. The molecule has 0 fully saturated rings. The van der Waals surface area contributed by atoms with Crippen LogP contribution >= 0.6 is 11.6 Å². The van der Waals surface area contributed by atoms with E-state index in [9.17, 15) is 5.11 Å². The number of nitrogens with one attached hydrogen (secondary N) is 1. The summed E-state index contributed by atoms with van der Waals surface area (Å²) in [5.74, 6) is 0.910. The van der Waals surface area contributed by atoms with Crippen molar-refractivity contribution >= 4 is 11.6 Å². The molecule has 2 rings (SSSR count). The highest BCUT2D eigenvalue weighted by molar-refractivity contribution is 6.30. The van der Waals surface area contributed by atoms with Crippen LogP contribution in [0.15, 0.2) is 18.2 Å². The fourth-order valence-corrected chi connectivity index (χ4v) is 2.51. The number of aliphatic hydroxyl groups is 1. The highest BCUT2D eigenvalue weighted by atomic mass is 35.5. The van der Waals surface area contributed by atoms with Crippen molar-refractivity contribution in [3.05, 3.63) is 28.8 Å². The Morgan fingerprint density at radius 2 is 2.35 bits per heavy atom. The summed E-state index contributed by atoms with van der Waals surface area (Å²) in [6, 6.07) is 5.70. The van der Waals surface area contributed by atoms with E-state index in [0.29, 0.717) is 26.1 Å². The number of fused-ring (bicyclic) bond motifs is 1. The highest BCUT2D eigenvalue weighted by Gasteiger charge is 2.24. The molecule has 2 unspecified atom stereocenters. The minimum Gasteiger partial charge on any atom is -0.488 e. The van der Waals surface area contributed by atoms with Crippen LogP contribution in [0.4, 0.5) is 0 Å². The summed E-state index contributed by atoms with van der Waals surface area (Å²) in [5, 5.41) is 14.1. The number of benzene rings is 1. The lowest BCUT2D eigenvalue weighted by atomic mass is 10.0. The second-order valence-corrected chi connectivity index (χ2v) is 6.00. The van der Waals surface area contributed by atoms with E-state index in [1.807, 2.05) is 25.1 Å². The molecule has 1 aliphatic heterocycles. The summed E-state index contributed by atoms with van der Waals surface area (Å²) < 4.78 is 10.8. The first-order chi connectivity index (χ1) is 9.50. The van der Waals surface area contributed by atoms with Crippen molar-refractivity contribution in [2.75, 3.05) is 26.8 Å². The third-order valence-electron chi connectivity index (χ3n) is 3.49. The zero-order valence-corrected chi connectivity index (χ0v) is 12.7. The van der Waals surface area contributed by atoms with Gasteiger partial charge in [-0.2, -0.15) is 0 Å². The molecule has 0 saturated carbocycles. The highest BCUT2D eigenvalue weighted by Crippen LogP contribution is 2.30. The minimum atomic E-state index is -0.759. The molecule has 4 nitrogen and oxygen atoms in total. The van der Waals surface area contributed by atoms with Gasteiger partial charge in [0.15, 0.2) is 0 Å². The first kappa shape index (κ1) is 15.6. The third kappa shape index (κ3) is 4.35. The Labute approximate surface area is 125 Å². The lowest BCUT2D eigenvalue weighted by Crippen LogP contribution is -2.42. The van der Waals surface area contributed by atoms with E-state index >= 15 is 0 Å². The van der Waals surface area contributed by atoms with Crippen LogP contribution in [0.2, 0.25) is 5.02 Å². The van der Waals surface area contributed by atoms with E-state index in [0.717, 1.165) is 22.8 Å². The Morgan fingerprint density at radius 1 is 1.55 bits per heavy atom. The average molecular weight is 300 g/mol. The second-order valence-electron chi connectivity index (χ2n) is 5.57. The maximum absolute atomic E-state index is 10.1. The van der Waals surface area contributed by atoms with Gasteiger partial charge in [0.05, 0.1) is 5.60 Å². The van der Waals surface area contributed by atoms with Gasteiger partial charge in [0.1, 0.15) is 11.9 Å². The molecule has 1 aromatic rings. The predicted octanol–water partition coefficient (Wildman–Crippen LogP) is 2.02. The third-order valence-corrected chi connectivity index (χ3v) is 3.72. The molecule has 2 N–H and O–H groups in total. The van der Waals surface area contributed by atoms with Gasteiger partial charge in [-0.25, -0.2) is 0 Å². The SMILES string of the molecule is COCCC(C)(O)CNCC1Cc2cc(Cl)ccc2O1. The lowest BCUT2D eigenvalue weighted by Gasteiger charge is -2.24. The van der Waals surface area contributed by atoms with Gasteiger partial charge < -0.3 is 19.9 Å². The maximum Gasteiger partial charge on any atom is 0.123 e. The van der Waals surface area contributed by atoms with E-state index in [2.05, 4.69) is 5.32 Å². The van der Waals surface area contributed by atoms with Gasteiger partial charge in [0, 0.05) is 44.7 Å². The molecule has 0 bridgehead atoms. The topological polar surface area (TPSA) is 50.7 Å². The van der Waals surface area contributed by atoms with Crippen LogP contribution in [0.3, 0.4) is 0 Å². The number of halogens is 1. The first-order valence-corrected chi connectivity index (χ1v) is 7.25. The van der Waals surface area contributed by atoms with Gasteiger partial charge in [0.25, 0.3) is 0 Å². The monoisotopic (exact) mass is 299 g/mol. The smallest absolute Gasteiger partial charge is 0.123 e. The zero-order chi connectivity index (χ0) is 14.6. The Balaban J connectivity index is 1.74. The van der Waals surface area contributed by atoms with Crippen molar-refractivity contribution in [1.29, 1.82) is 0 Å². The van der Waals surface area contributed by atoms with Gasteiger partial charge in [-0.05, 0) is 30.7 Å². The van der Waals surface area contributed by atoms with E-state index in [4.69, 9.17) is 21.1 Å². The van der Waals surface area contributed by atoms with Crippen molar-refractivity contribution in [1.82, 2.24) is 5.32 Å². The average Bonchev–Trinajstić information content (AvgIpc) is 2.78. The van der Waals surface area contributed by atoms with E-state index < -0.39 is 5.60 Å². The standard InChI is InChI=1S/C15H22ClNO3/c1-15(18,5-6-19-2)10-17-9-13-8-11-7-12(16)3-4-14(11)20-13/h3-4,7,13,17-18H,5-6,8-10H2,1-2H3. The molecule has 20 heavy (non-hydrogen) atoms. The fourth-order valence-electron chi connectivity index (χ4n) is 2.32. The van der Waals surface area contributed by atoms with Crippen molar-refractivity contribution in [3.8, 4) is 5.75 Å². The predicted molar refractivity (Wildman–Crippen MR) is 79.6 cm³/mol. The zero-order valence-electron chi connectivity index (χ0n) is 12.0. The molecule has 0 amide bonds. The summed E-state index contributed by atoms with van der Waals surface area (Å²) in [6.45, 7) is 3.59. The van der Waals surface area contributed by atoms with Crippen molar-refractivity contribution in [2.45, 2.75) is 31.5 Å². The van der Waals surface area contributed by atoms with E-state index in [-0.39, 0.29) is 6.10 Å². The van der Waals surface area contributed by atoms with E-state index in [1.54, 1.807) is 7.11 Å². The molecule has 0 spiro atoms. The van der Waals surface area contributed by atoms with Crippen molar-refractivity contribution < 1.29 is 14.6 Å². The van der Waals surface area contributed by atoms with Gasteiger partial charge in [-0.3, -0.25) is 0 Å². The minimum absolute atomic E-state index is 0.0988. The number of ether oxygens (including phenoxy) is 2. The van der Waals surface area contributed by atoms with Crippen LogP contribution in [0.25, 0.3) is 0 Å². The number of hydrogen-bond acceptors (Lipinski definition) is 4. The van der Waals surface area contributed by atoms with E-state index in [1.165, 1.54) is 0 Å². The molecule has 5 heteroatoms. The van der Waals surface area contributed by atoms with Crippen LogP contribution in [0.1, 0.15) is 18.9 Å². The molecule has 0 saturated heterocycles. The molecule has 0 aromatic heterocycles. The summed E-state index contributed by atoms with van der Waals surface area (Å²) in [5.41, 5.74) is 0.389. The molecule has 1 aromatic carbocycles. The molecular formula is C15H22ClNO3. The van der Waals surface area contributed by atoms with Crippen LogP contribution in [-0.4, -0.2) is 43.6 Å². The lowest BCUT2D eigenvalue weighted by molar-refractivity contribution is 0.0235. The molecule has 1 heterocycles. The second kappa shape index (κ2) is 6.76. The first-order valence-electron chi connectivity index (χ1n) is 6.87. The summed E-state index contributed by atoms with van der Waals surface area (Å²) >= 11 is 5.97. The van der Waals surface area contributed by atoms with Gasteiger partial charge >= 0.3 is 0 Å². The Hall–Kier alpha value is -0.810. The van der Waals surface area contributed by atoms with Crippen LogP contribution in [0.5, 0.6) is 5.75 Å². The quantitative estimate of drug-likeness (QED) is 0.809. The molecule has 0 radical (unpaired) electrons. The molecule has 2 atom stereocenters. The molecule has 0 aliphatic carbocycles. The summed E-state index contributed by atoms with van der Waals surface area (Å²) in [4.78, 5) is 0. The number of hydrogen-bond donors (Lipinski definition) is 2. The maximum atomic E-state index is 10.1. The van der Waals surface area contributed by atoms with Crippen molar-refractivity contribution in [3.63, 3.8) is 0 Å². The molecular weight excluding hydrogens is 278 g/mol. The fraction of sp³-hybridized carbons (Fsp3) is 0.600. The Bertz CT molecular complexity index is 451. The number of methoxy groups -OCH3 is 1. The summed E-state index contributed by atoms with van der Waals surface area (Å²) in [6.07, 6.45) is 1.56. The molecule has 1 aliphatic rings. The summed E-state index contributed by atoms with van der Waals surface area (Å²) in [7, 11) is 1.64. The Kier molecular flexibility index (Phi) is 5.27. The Morgan fingerprint density at radius 3 is 3.10 bits per heavy atom. The van der Waals surface area contributed by atoms with Crippen LogP contribution in [-0.2, 0) is 11.2 Å². The van der Waals surface area contributed by atoms with Crippen LogP contribution in [0, 0.1) is 0 Å². The van der Waals surface area contributed by atoms with Crippen molar-refractivity contribution in [2.24, 2.45) is 0 Å². The van der Waals surface area contributed by atoms with Gasteiger partial charge in [-0.1, -0.05) is 11.6 Å².